The summed E-state index contributed by atoms with van der Waals surface area (Å²) in [7, 11) is 0. The zero-order chi connectivity index (χ0) is 24.1. The Kier molecular flexibility index (Phi) is 5.00. The van der Waals surface area contributed by atoms with Gasteiger partial charge in [-0.3, -0.25) is 9.59 Å². The van der Waals surface area contributed by atoms with Gasteiger partial charge in [0.25, 0.3) is 0 Å². The van der Waals surface area contributed by atoms with E-state index in [0.29, 0.717) is 29.9 Å². The van der Waals surface area contributed by atoms with Crippen molar-refractivity contribution in [2.24, 2.45) is 5.73 Å². The molecule has 0 aromatic heterocycles. The second-order valence-electron chi connectivity index (χ2n) is 8.35. The number of carbonyl (C=O) groups excluding carboxylic acids is 2. The highest BCUT2D eigenvalue weighted by molar-refractivity contribution is 6.02. The Hall–Kier alpha value is -4.01. The van der Waals surface area contributed by atoms with Crippen LogP contribution in [0, 0.1) is 0 Å². The number of primary amides is 1. The molecule has 3 N–H and O–H groups in total. The highest BCUT2D eigenvalue weighted by Crippen LogP contribution is 2.51. The molecule has 2 aliphatic rings. The number of ether oxygens (including phenoxy) is 2. The van der Waals surface area contributed by atoms with E-state index in [1.54, 1.807) is 24.3 Å². The number of hydrogen-bond acceptors (Lipinski definition) is 4. The maximum Gasteiger partial charge on any atom is 0.416 e. The van der Waals surface area contributed by atoms with Crippen LogP contribution in [-0.4, -0.2) is 18.6 Å². The minimum atomic E-state index is -4.63. The van der Waals surface area contributed by atoms with Crippen LogP contribution in [0.5, 0.6) is 11.5 Å². The van der Waals surface area contributed by atoms with E-state index in [1.807, 2.05) is 0 Å². The van der Waals surface area contributed by atoms with Crippen molar-refractivity contribution in [3.63, 3.8) is 0 Å². The molecular formula is C25H23F3N2O4. The molecule has 178 valence electrons. The standard InChI is InChI=1S/C25H19F3N2O4.2H2/c26-25(27,28)18-9-16(14-2-1-3-15(8-14)22(29)31)10-19(11-18)30-23(32)24(6-7-24)17-4-5-20-21(12-17)34-13-33-20;;/h1-5,8-12H,6-7,13H2,(H2,29,31)(H,30,32);2*1H. The van der Waals surface area contributed by atoms with Gasteiger partial charge in [0.15, 0.2) is 11.5 Å². The van der Waals surface area contributed by atoms with Gasteiger partial charge in [0.2, 0.25) is 18.6 Å². The molecule has 6 nitrogen and oxygen atoms in total. The van der Waals surface area contributed by atoms with Gasteiger partial charge in [-0.05, 0) is 72.0 Å². The summed E-state index contributed by atoms with van der Waals surface area (Å²) in [4.78, 5) is 24.7. The molecule has 0 spiro atoms. The molecule has 1 aliphatic carbocycles. The number of rotatable bonds is 5. The topological polar surface area (TPSA) is 90.7 Å². The van der Waals surface area contributed by atoms with Gasteiger partial charge in [-0.1, -0.05) is 18.2 Å². The zero-order valence-electron chi connectivity index (χ0n) is 17.7. The van der Waals surface area contributed by atoms with E-state index in [0.717, 1.165) is 17.7 Å². The molecule has 1 heterocycles. The molecule has 0 saturated heterocycles. The van der Waals surface area contributed by atoms with Gasteiger partial charge in [0.1, 0.15) is 0 Å². The Morgan fingerprint density at radius 2 is 1.71 bits per heavy atom. The second-order valence-corrected chi connectivity index (χ2v) is 8.35. The second kappa shape index (κ2) is 7.79. The van der Waals surface area contributed by atoms with E-state index >= 15 is 0 Å². The van der Waals surface area contributed by atoms with Gasteiger partial charge < -0.3 is 20.5 Å². The van der Waals surface area contributed by atoms with Crippen LogP contribution in [0.15, 0.2) is 60.7 Å². The van der Waals surface area contributed by atoms with Gasteiger partial charge >= 0.3 is 6.18 Å². The van der Waals surface area contributed by atoms with E-state index in [9.17, 15) is 22.8 Å². The maximum atomic E-state index is 13.6. The molecule has 2 amide bonds. The first kappa shape index (κ1) is 21.8. The minimum Gasteiger partial charge on any atom is -0.454 e. The fourth-order valence-electron chi connectivity index (χ4n) is 4.10. The predicted molar refractivity (Wildman–Crippen MR) is 122 cm³/mol. The monoisotopic (exact) mass is 472 g/mol. The fourth-order valence-corrected chi connectivity index (χ4v) is 4.10. The minimum absolute atomic E-state index is 0. The molecule has 3 aromatic carbocycles. The van der Waals surface area contributed by atoms with Crippen molar-refractivity contribution in [1.29, 1.82) is 0 Å². The quantitative estimate of drug-likeness (QED) is 0.523. The Morgan fingerprint density at radius 1 is 0.941 bits per heavy atom. The summed E-state index contributed by atoms with van der Waals surface area (Å²) in [5.74, 6) is 0.0252. The molecule has 0 unspecified atom stereocenters. The van der Waals surface area contributed by atoms with E-state index in [4.69, 9.17) is 15.2 Å². The maximum absolute atomic E-state index is 13.6. The van der Waals surface area contributed by atoms with Gasteiger partial charge in [-0.15, -0.1) is 0 Å². The fraction of sp³-hybridized carbons (Fsp3) is 0.200. The van der Waals surface area contributed by atoms with Crippen LogP contribution in [0.25, 0.3) is 11.1 Å². The molecule has 0 bridgehead atoms. The summed E-state index contributed by atoms with van der Waals surface area (Å²) in [6.07, 6.45) is -3.51. The van der Waals surface area contributed by atoms with Crippen LogP contribution in [0.2, 0.25) is 0 Å². The van der Waals surface area contributed by atoms with Crippen molar-refractivity contribution in [2.75, 3.05) is 12.1 Å². The van der Waals surface area contributed by atoms with Crippen LogP contribution >= 0.6 is 0 Å². The van der Waals surface area contributed by atoms with Crippen LogP contribution in [0.1, 0.15) is 37.2 Å². The summed E-state index contributed by atoms with van der Waals surface area (Å²) in [6, 6.07) is 14.5. The molecule has 1 saturated carbocycles. The smallest absolute Gasteiger partial charge is 0.416 e. The van der Waals surface area contributed by atoms with Crippen molar-refractivity contribution < 1.29 is 35.1 Å². The largest absolute Gasteiger partial charge is 0.454 e. The van der Waals surface area contributed by atoms with Crippen molar-refractivity contribution in [3.8, 4) is 22.6 Å². The molecule has 9 heteroatoms. The lowest BCUT2D eigenvalue weighted by atomic mass is 9.94. The Labute approximate surface area is 195 Å². The van der Waals surface area contributed by atoms with Crippen molar-refractivity contribution >= 4 is 17.5 Å². The van der Waals surface area contributed by atoms with E-state index < -0.39 is 29.0 Å². The third-order valence-electron chi connectivity index (χ3n) is 6.11. The van der Waals surface area contributed by atoms with E-state index in [-0.39, 0.29) is 26.5 Å². The van der Waals surface area contributed by atoms with Crippen LogP contribution in [0.4, 0.5) is 18.9 Å². The zero-order valence-corrected chi connectivity index (χ0v) is 17.7. The average molecular weight is 472 g/mol. The summed E-state index contributed by atoms with van der Waals surface area (Å²) >= 11 is 0. The summed E-state index contributed by atoms with van der Waals surface area (Å²) in [5.41, 5.74) is 5.00. The first-order chi connectivity index (χ1) is 16.2. The number of halogens is 3. The number of nitrogens with two attached hydrogens (primary N) is 1. The number of anilines is 1. The number of hydrogen-bond donors (Lipinski definition) is 2. The van der Waals surface area contributed by atoms with Crippen molar-refractivity contribution in [3.05, 3.63) is 77.4 Å². The van der Waals surface area contributed by atoms with Gasteiger partial charge in [0.05, 0.1) is 11.0 Å². The van der Waals surface area contributed by atoms with Gasteiger partial charge in [0, 0.05) is 14.1 Å². The third-order valence-corrected chi connectivity index (χ3v) is 6.11. The number of fused-ring (bicyclic) bond motifs is 1. The van der Waals surface area contributed by atoms with Crippen LogP contribution < -0.4 is 20.5 Å². The summed E-state index contributed by atoms with van der Waals surface area (Å²) in [5, 5.41) is 2.67. The lowest BCUT2D eigenvalue weighted by Crippen LogP contribution is -2.28. The lowest BCUT2D eigenvalue weighted by Gasteiger charge is -2.18. The Morgan fingerprint density at radius 3 is 2.41 bits per heavy atom. The first-order valence-electron chi connectivity index (χ1n) is 10.5. The molecule has 1 fully saturated rings. The number of amides is 2. The normalized spacial score (nSPS) is 15.6. The van der Waals surface area contributed by atoms with Crippen molar-refractivity contribution in [2.45, 2.75) is 24.4 Å². The number of alkyl halides is 3. The number of nitrogens with one attached hydrogen (secondary N) is 1. The van der Waals surface area contributed by atoms with E-state index in [2.05, 4.69) is 5.32 Å². The highest BCUT2D eigenvalue weighted by Gasteiger charge is 2.51. The number of benzene rings is 3. The Bertz CT molecular complexity index is 1330. The number of carbonyl (C=O) groups is 2. The Balaban J connectivity index is 0.00000180. The molecular weight excluding hydrogens is 449 g/mol. The highest BCUT2D eigenvalue weighted by atomic mass is 19.4. The van der Waals surface area contributed by atoms with Crippen LogP contribution in [-0.2, 0) is 16.4 Å². The SMILES string of the molecule is NC(=O)c1cccc(-c2cc(NC(=O)C3(c4ccc5c(c4)OCO5)CC3)cc(C(F)(F)F)c2)c1.[HH].[HH]. The molecule has 0 radical (unpaired) electrons. The first-order valence-corrected chi connectivity index (χ1v) is 10.5. The molecule has 34 heavy (non-hydrogen) atoms. The predicted octanol–water partition coefficient (Wildman–Crippen LogP) is 5.36. The lowest BCUT2D eigenvalue weighted by molar-refractivity contribution is -0.137. The van der Waals surface area contributed by atoms with Gasteiger partial charge in [-0.25, -0.2) is 0 Å². The summed E-state index contributed by atoms with van der Waals surface area (Å²) < 4.78 is 51.6. The third kappa shape index (κ3) is 3.93. The molecule has 1 aliphatic heterocycles. The van der Waals surface area contributed by atoms with Crippen LogP contribution in [0.3, 0.4) is 0 Å². The average Bonchev–Trinajstić information content (AvgIpc) is 3.49. The molecule has 3 aromatic rings. The van der Waals surface area contributed by atoms with Gasteiger partial charge in [-0.2, -0.15) is 13.2 Å². The summed E-state index contributed by atoms with van der Waals surface area (Å²) in [6.45, 7) is 0.0992. The van der Waals surface area contributed by atoms with Crippen molar-refractivity contribution in [1.82, 2.24) is 0 Å². The molecule has 0 atom stereocenters. The molecule has 5 rings (SSSR count). The van der Waals surface area contributed by atoms with E-state index in [1.165, 1.54) is 24.3 Å².